The normalized spacial score (nSPS) is 11.0. The fourth-order valence-corrected chi connectivity index (χ4v) is 2.54. The van der Waals surface area contributed by atoms with Gasteiger partial charge in [-0.05, 0) is 48.1 Å². The summed E-state index contributed by atoms with van der Waals surface area (Å²) in [5, 5.41) is 1.32. The molecule has 3 aromatic rings. The molecule has 1 aromatic heterocycles. The molecule has 0 aliphatic carbocycles. The molecule has 1 heterocycles. The van der Waals surface area contributed by atoms with Gasteiger partial charge in [-0.3, -0.25) is 0 Å². The molecule has 0 spiro atoms. The first kappa shape index (κ1) is 11.8. The number of aryl methyl sites for hydroxylation is 3. The number of nitrogens with two attached hydrogens (primary N) is 1. The first-order valence-corrected chi connectivity index (χ1v) is 6.62. The van der Waals surface area contributed by atoms with Gasteiger partial charge in [0.2, 0.25) is 0 Å². The van der Waals surface area contributed by atoms with Crippen LogP contribution in [0.3, 0.4) is 0 Å². The molecular formula is C17H18N2. The summed E-state index contributed by atoms with van der Waals surface area (Å²) in [5.41, 5.74) is 10.5. The van der Waals surface area contributed by atoms with Crippen LogP contribution in [0, 0.1) is 0 Å². The minimum atomic E-state index is 0.827. The zero-order valence-electron chi connectivity index (χ0n) is 11.1. The molecule has 0 aliphatic heterocycles. The number of anilines is 1. The number of nitrogen functional groups attached to an aromatic ring is 1. The van der Waals surface area contributed by atoms with Crippen molar-refractivity contribution >= 4 is 16.6 Å². The predicted molar refractivity (Wildman–Crippen MR) is 81.2 cm³/mol. The highest BCUT2D eigenvalue weighted by molar-refractivity contribution is 5.81. The van der Waals surface area contributed by atoms with E-state index in [1.807, 2.05) is 12.1 Å². The molecular weight excluding hydrogens is 232 g/mol. The highest BCUT2D eigenvalue weighted by Crippen LogP contribution is 2.19. The van der Waals surface area contributed by atoms with E-state index in [-0.39, 0.29) is 0 Å². The van der Waals surface area contributed by atoms with Crippen molar-refractivity contribution in [3.63, 3.8) is 0 Å². The van der Waals surface area contributed by atoms with Crippen LogP contribution in [0.2, 0.25) is 0 Å². The molecule has 0 radical (unpaired) electrons. The number of hydrogen-bond acceptors (Lipinski definition) is 1. The van der Waals surface area contributed by atoms with Crippen molar-refractivity contribution in [2.24, 2.45) is 7.05 Å². The van der Waals surface area contributed by atoms with Gasteiger partial charge in [0.05, 0.1) is 0 Å². The Morgan fingerprint density at radius 1 is 0.947 bits per heavy atom. The van der Waals surface area contributed by atoms with Gasteiger partial charge >= 0.3 is 0 Å². The van der Waals surface area contributed by atoms with Crippen molar-refractivity contribution < 1.29 is 0 Å². The summed E-state index contributed by atoms with van der Waals surface area (Å²) in [4.78, 5) is 0. The Bertz CT molecular complexity index is 693. The standard InChI is InChI=1S/C17H18N2/c1-19-16(12-14-4-2-3-5-17(14)19)11-8-13-6-9-15(18)10-7-13/h2-7,9-10,12H,8,11,18H2,1H3. The van der Waals surface area contributed by atoms with E-state index in [1.54, 1.807) is 0 Å². The quantitative estimate of drug-likeness (QED) is 0.708. The molecule has 0 unspecified atom stereocenters. The van der Waals surface area contributed by atoms with Crippen molar-refractivity contribution in [3.05, 3.63) is 65.9 Å². The largest absolute Gasteiger partial charge is 0.399 e. The number of hydrogen-bond donors (Lipinski definition) is 1. The minimum absolute atomic E-state index is 0.827. The Morgan fingerprint density at radius 2 is 1.68 bits per heavy atom. The molecule has 0 aliphatic rings. The summed E-state index contributed by atoms with van der Waals surface area (Å²) in [7, 11) is 2.14. The topological polar surface area (TPSA) is 30.9 Å². The lowest BCUT2D eigenvalue weighted by molar-refractivity contribution is 0.820. The fraction of sp³-hybridized carbons (Fsp3) is 0.176. The lowest BCUT2D eigenvalue weighted by Crippen LogP contribution is -1.98. The van der Waals surface area contributed by atoms with Gasteiger partial charge < -0.3 is 10.3 Å². The summed E-state index contributed by atoms with van der Waals surface area (Å²) in [6, 6.07) is 19.0. The van der Waals surface area contributed by atoms with E-state index >= 15 is 0 Å². The van der Waals surface area contributed by atoms with Crippen LogP contribution in [0.4, 0.5) is 5.69 Å². The van der Waals surface area contributed by atoms with Crippen LogP contribution in [0.5, 0.6) is 0 Å². The van der Waals surface area contributed by atoms with Gasteiger partial charge in [0.25, 0.3) is 0 Å². The molecule has 2 aromatic carbocycles. The molecule has 0 saturated heterocycles. The number of rotatable bonds is 3. The van der Waals surface area contributed by atoms with Crippen LogP contribution in [0.1, 0.15) is 11.3 Å². The molecule has 2 nitrogen and oxygen atoms in total. The number of fused-ring (bicyclic) bond motifs is 1. The van der Waals surface area contributed by atoms with Crippen molar-refractivity contribution in [1.29, 1.82) is 0 Å². The van der Waals surface area contributed by atoms with E-state index in [1.165, 1.54) is 22.2 Å². The van der Waals surface area contributed by atoms with Gasteiger partial charge in [-0.25, -0.2) is 0 Å². The summed E-state index contributed by atoms with van der Waals surface area (Å²) in [6.07, 6.45) is 2.10. The average molecular weight is 250 g/mol. The highest BCUT2D eigenvalue weighted by atomic mass is 14.9. The minimum Gasteiger partial charge on any atom is -0.399 e. The van der Waals surface area contributed by atoms with E-state index in [9.17, 15) is 0 Å². The summed E-state index contributed by atoms with van der Waals surface area (Å²) in [5.74, 6) is 0. The van der Waals surface area contributed by atoms with Crippen LogP contribution in [0.25, 0.3) is 10.9 Å². The van der Waals surface area contributed by atoms with E-state index in [4.69, 9.17) is 5.73 Å². The Hall–Kier alpha value is -2.22. The molecule has 3 rings (SSSR count). The monoisotopic (exact) mass is 250 g/mol. The Labute approximate surface area is 113 Å². The number of aromatic nitrogens is 1. The third kappa shape index (κ3) is 2.34. The van der Waals surface area contributed by atoms with Gasteiger partial charge in [0, 0.05) is 23.9 Å². The van der Waals surface area contributed by atoms with Gasteiger partial charge in [-0.2, -0.15) is 0 Å². The van der Waals surface area contributed by atoms with Crippen LogP contribution in [-0.2, 0) is 19.9 Å². The molecule has 2 heteroatoms. The van der Waals surface area contributed by atoms with Crippen LogP contribution in [-0.4, -0.2) is 4.57 Å². The molecule has 19 heavy (non-hydrogen) atoms. The van der Waals surface area contributed by atoms with Crippen molar-refractivity contribution in [3.8, 4) is 0 Å². The second-order valence-corrected chi connectivity index (χ2v) is 5.00. The molecule has 0 bridgehead atoms. The van der Waals surface area contributed by atoms with E-state index in [2.05, 4.69) is 54.1 Å². The van der Waals surface area contributed by atoms with Gasteiger partial charge in [-0.15, -0.1) is 0 Å². The molecule has 2 N–H and O–H groups in total. The molecule has 0 fully saturated rings. The van der Waals surface area contributed by atoms with Crippen LogP contribution in [0.15, 0.2) is 54.6 Å². The zero-order chi connectivity index (χ0) is 13.2. The fourth-order valence-electron chi connectivity index (χ4n) is 2.54. The first-order valence-electron chi connectivity index (χ1n) is 6.62. The Kier molecular flexibility index (Phi) is 3.00. The van der Waals surface area contributed by atoms with Crippen LogP contribution < -0.4 is 5.73 Å². The molecule has 96 valence electrons. The third-order valence-electron chi connectivity index (χ3n) is 3.70. The van der Waals surface area contributed by atoms with E-state index in [0.717, 1.165) is 18.5 Å². The number of para-hydroxylation sites is 1. The Balaban J connectivity index is 1.82. The van der Waals surface area contributed by atoms with Gasteiger partial charge in [0.15, 0.2) is 0 Å². The molecule has 0 amide bonds. The lowest BCUT2D eigenvalue weighted by Gasteiger charge is -2.05. The average Bonchev–Trinajstić information content (AvgIpc) is 2.76. The second kappa shape index (κ2) is 4.81. The maximum absolute atomic E-state index is 5.70. The van der Waals surface area contributed by atoms with Gasteiger partial charge in [-0.1, -0.05) is 30.3 Å². The lowest BCUT2D eigenvalue weighted by atomic mass is 10.1. The Morgan fingerprint density at radius 3 is 2.42 bits per heavy atom. The SMILES string of the molecule is Cn1c(CCc2ccc(N)cc2)cc2ccccc21. The smallest absolute Gasteiger partial charge is 0.0479 e. The molecule has 0 saturated carbocycles. The van der Waals surface area contributed by atoms with E-state index < -0.39 is 0 Å². The predicted octanol–water partition coefficient (Wildman–Crippen LogP) is 3.55. The van der Waals surface area contributed by atoms with Crippen molar-refractivity contribution in [2.75, 3.05) is 5.73 Å². The zero-order valence-corrected chi connectivity index (χ0v) is 11.1. The number of benzene rings is 2. The van der Waals surface area contributed by atoms with Crippen LogP contribution >= 0.6 is 0 Å². The first-order chi connectivity index (χ1) is 9.24. The van der Waals surface area contributed by atoms with Crippen molar-refractivity contribution in [2.45, 2.75) is 12.8 Å². The second-order valence-electron chi connectivity index (χ2n) is 5.00. The maximum atomic E-state index is 5.70. The maximum Gasteiger partial charge on any atom is 0.0479 e. The number of nitrogens with zero attached hydrogens (tertiary/aromatic N) is 1. The summed E-state index contributed by atoms with van der Waals surface area (Å²) in [6.45, 7) is 0. The molecule has 0 atom stereocenters. The summed E-state index contributed by atoms with van der Waals surface area (Å²) >= 11 is 0. The van der Waals surface area contributed by atoms with E-state index in [0.29, 0.717) is 0 Å². The van der Waals surface area contributed by atoms with Gasteiger partial charge in [0.1, 0.15) is 0 Å². The van der Waals surface area contributed by atoms with Crippen molar-refractivity contribution in [1.82, 2.24) is 4.57 Å². The highest BCUT2D eigenvalue weighted by Gasteiger charge is 2.05. The third-order valence-corrected chi connectivity index (χ3v) is 3.70. The summed E-state index contributed by atoms with van der Waals surface area (Å²) < 4.78 is 2.28.